The summed E-state index contributed by atoms with van der Waals surface area (Å²) in [7, 11) is 0. The van der Waals surface area contributed by atoms with Crippen molar-refractivity contribution in [3.8, 4) is 0 Å². The number of rotatable bonds is 4. The number of hydrogen-bond donors (Lipinski definition) is 2. The highest BCUT2D eigenvalue weighted by atomic mass is 32.1. The molecule has 4 heteroatoms. The minimum absolute atomic E-state index is 0.474. The summed E-state index contributed by atoms with van der Waals surface area (Å²) < 4.78 is 0. The predicted octanol–water partition coefficient (Wildman–Crippen LogP) is 1.73. The Labute approximate surface area is 88.4 Å². The molecule has 0 fully saturated rings. The van der Waals surface area contributed by atoms with Crippen LogP contribution >= 0.6 is 11.3 Å². The molecule has 0 radical (unpaired) electrons. The molecule has 0 amide bonds. The lowest BCUT2D eigenvalue weighted by Crippen LogP contribution is -2.32. The molecule has 76 valence electrons. The SMILES string of the molecule is C=C(C)CNC(N)=NCc1cccs1. The van der Waals surface area contributed by atoms with Gasteiger partial charge in [-0.15, -0.1) is 11.3 Å². The number of aliphatic imine (C=N–C) groups is 1. The van der Waals surface area contributed by atoms with E-state index in [1.807, 2.05) is 24.4 Å². The summed E-state index contributed by atoms with van der Waals surface area (Å²) in [5.41, 5.74) is 6.68. The van der Waals surface area contributed by atoms with Crippen LogP contribution in [-0.2, 0) is 6.54 Å². The monoisotopic (exact) mass is 209 g/mol. The average molecular weight is 209 g/mol. The fourth-order valence-electron chi connectivity index (χ4n) is 0.863. The maximum atomic E-state index is 5.64. The van der Waals surface area contributed by atoms with Gasteiger partial charge in [-0.2, -0.15) is 0 Å². The predicted molar refractivity (Wildman–Crippen MR) is 62.5 cm³/mol. The van der Waals surface area contributed by atoms with Gasteiger partial charge in [-0.1, -0.05) is 18.2 Å². The van der Waals surface area contributed by atoms with Gasteiger partial charge in [0.1, 0.15) is 0 Å². The minimum Gasteiger partial charge on any atom is -0.370 e. The molecule has 0 aliphatic carbocycles. The van der Waals surface area contributed by atoms with Gasteiger partial charge in [-0.3, -0.25) is 0 Å². The zero-order valence-corrected chi connectivity index (χ0v) is 9.10. The summed E-state index contributed by atoms with van der Waals surface area (Å²) in [5.74, 6) is 0.474. The average Bonchev–Trinajstić information content (AvgIpc) is 2.63. The standard InChI is InChI=1S/C10H15N3S/c1-8(2)6-12-10(11)13-7-9-4-3-5-14-9/h3-5H,1,6-7H2,2H3,(H3,11,12,13). The van der Waals surface area contributed by atoms with Crippen LogP contribution in [0.25, 0.3) is 0 Å². The second kappa shape index (κ2) is 5.44. The van der Waals surface area contributed by atoms with E-state index in [-0.39, 0.29) is 0 Å². The molecule has 0 aliphatic rings. The van der Waals surface area contributed by atoms with Crippen LogP contribution < -0.4 is 11.1 Å². The lowest BCUT2D eigenvalue weighted by molar-refractivity contribution is 0.945. The van der Waals surface area contributed by atoms with Crippen LogP contribution in [0.5, 0.6) is 0 Å². The summed E-state index contributed by atoms with van der Waals surface area (Å²) >= 11 is 1.68. The largest absolute Gasteiger partial charge is 0.370 e. The van der Waals surface area contributed by atoms with Crippen LogP contribution in [0.4, 0.5) is 0 Å². The summed E-state index contributed by atoms with van der Waals surface area (Å²) in [5, 5.41) is 5.01. The quantitative estimate of drug-likeness (QED) is 0.451. The first-order chi connectivity index (χ1) is 6.68. The molecular formula is C10H15N3S. The van der Waals surface area contributed by atoms with Gasteiger partial charge in [0, 0.05) is 11.4 Å². The topological polar surface area (TPSA) is 50.4 Å². The molecule has 3 nitrogen and oxygen atoms in total. The number of hydrogen-bond acceptors (Lipinski definition) is 2. The van der Waals surface area contributed by atoms with Crippen molar-refractivity contribution in [3.63, 3.8) is 0 Å². The zero-order valence-electron chi connectivity index (χ0n) is 8.29. The Morgan fingerprint density at radius 1 is 1.71 bits per heavy atom. The van der Waals surface area contributed by atoms with Gasteiger partial charge in [0.05, 0.1) is 6.54 Å². The molecule has 14 heavy (non-hydrogen) atoms. The third-order valence-corrected chi connectivity index (χ3v) is 2.42. The van der Waals surface area contributed by atoms with Gasteiger partial charge < -0.3 is 11.1 Å². The lowest BCUT2D eigenvalue weighted by Gasteiger charge is -2.03. The van der Waals surface area contributed by atoms with Crippen molar-refractivity contribution in [2.75, 3.05) is 6.54 Å². The van der Waals surface area contributed by atoms with Gasteiger partial charge in [0.25, 0.3) is 0 Å². The van der Waals surface area contributed by atoms with Crippen molar-refractivity contribution in [1.29, 1.82) is 0 Å². The van der Waals surface area contributed by atoms with Crippen molar-refractivity contribution in [2.45, 2.75) is 13.5 Å². The van der Waals surface area contributed by atoms with Crippen LogP contribution in [0.15, 0.2) is 34.7 Å². The molecule has 1 rings (SSSR count). The molecule has 0 saturated heterocycles. The van der Waals surface area contributed by atoms with E-state index in [9.17, 15) is 0 Å². The van der Waals surface area contributed by atoms with Gasteiger partial charge in [-0.05, 0) is 18.4 Å². The molecule has 1 aromatic heterocycles. The first-order valence-corrected chi connectivity index (χ1v) is 5.27. The first-order valence-electron chi connectivity index (χ1n) is 4.39. The Hall–Kier alpha value is -1.29. The molecule has 0 aliphatic heterocycles. The van der Waals surface area contributed by atoms with Crippen molar-refractivity contribution >= 4 is 17.3 Å². The molecule has 1 heterocycles. The summed E-state index contributed by atoms with van der Waals surface area (Å²) in [6.45, 7) is 7.04. The minimum atomic E-state index is 0.474. The van der Waals surface area contributed by atoms with E-state index < -0.39 is 0 Å². The van der Waals surface area contributed by atoms with Crippen LogP contribution in [0.2, 0.25) is 0 Å². The Balaban J connectivity index is 2.33. The van der Waals surface area contributed by atoms with E-state index in [2.05, 4.69) is 16.9 Å². The normalized spacial score (nSPS) is 11.4. The fraction of sp³-hybridized carbons (Fsp3) is 0.300. The van der Waals surface area contributed by atoms with E-state index in [4.69, 9.17) is 5.73 Å². The highest BCUT2D eigenvalue weighted by molar-refractivity contribution is 7.09. The molecule has 0 aromatic carbocycles. The van der Waals surface area contributed by atoms with E-state index in [0.717, 1.165) is 5.57 Å². The van der Waals surface area contributed by atoms with Gasteiger partial charge >= 0.3 is 0 Å². The molecule has 0 unspecified atom stereocenters. The number of guanidine groups is 1. The summed E-state index contributed by atoms with van der Waals surface area (Å²) in [4.78, 5) is 5.40. The number of nitrogens with zero attached hydrogens (tertiary/aromatic N) is 1. The molecule has 3 N–H and O–H groups in total. The van der Waals surface area contributed by atoms with Gasteiger partial charge in [0.2, 0.25) is 0 Å². The van der Waals surface area contributed by atoms with E-state index >= 15 is 0 Å². The highest BCUT2D eigenvalue weighted by Gasteiger charge is 1.93. The van der Waals surface area contributed by atoms with Crippen LogP contribution in [-0.4, -0.2) is 12.5 Å². The number of thiophene rings is 1. The first kappa shape index (κ1) is 10.8. The van der Waals surface area contributed by atoms with E-state index in [1.165, 1.54) is 4.88 Å². The Kier molecular flexibility index (Phi) is 4.19. The highest BCUT2D eigenvalue weighted by Crippen LogP contribution is 2.08. The van der Waals surface area contributed by atoms with Crippen molar-refractivity contribution in [3.05, 3.63) is 34.5 Å². The lowest BCUT2D eigenvalue weighted by atomic mass is 10.3. The Morgan fingerprint density at radius 2 is 2.50 bits per heavy atom. The number of nitrogens with one attached hydrogen (secondary N) is 1. The summed E-state index contributed by atoms with van der Waals surface area (Å²) in [6, 6.07) is 4.05. The maximum Gasteiger partial charge on any atom is 0.189 e. The smallest absolute Gasteiger partial charge is 0.189 e. The van der Waals surface area contributed by atoms with E-state index in [1.54, 1.807) is 11.3 Å². The van der Waals surface area contributed by atoms with Crippen LogP contribution in [0.1, 0.15) is 11.8 Å². The van der Waals surface area contributed by atoms with Crippen molar-refractivity contribution < 1.29 is 0 Å². The van der Waals surface area contributed by atoms with E-state index in [0.29, 0.717) is 19.0 Å². The zero-order chi connectivity index (χ0) is 10.4. The third-order valence-electron chi connectivity index (χ3n) is 1.56. The number of nitrogens with two attached hydrogens (primary N) is 1. The molecule has 0 atom stereocenters. The molecule has 0 saturated carbocycles. The van der Waals surface area contributed by atoms with Crippen LogP contribution in [0, 0.1) is 0 Å². The Morgan fingerprint density at radius 3 is 3.07 bits per heavy atom. The van der Waals surface area contributed by atoms with Gasteiger partial charge in [-0.25, -0.2) is 4.99 Å². The fourth-order valence-corrected chi connectivity index (χ4v) is 1.49. The van der Waals surface area contributed by atoms with Crippen LogP contribution in [0.3, 0.4) is 0 Å². The second-order valence-corrected chi connectivity index (χ2v) is 4.12. The Bertz CT molecular complexity index is 314. The van der Waals surface area contributed by atoms with Crippen molar-refractivity contribution in [2.24, 2.45) is 10.7 Å². The van der Waals surface area contributed by atoms with Gasteiger partial charge in [0.15, 0.2) is 5.96 Å². The molecule has 1 aromatic rings. The summed E-state index contributed by atoms with van der Waals surface area (Å²) in [6.07, 6.45) is 0. The molecule has 0 spiro atoms. The third kappa shape index (κ3) is 4.09. The van der Waals surface area contributed by atoms with Crippen molar-refractivity contribution in [1.82, 2.24) is 5.32 Å². The molecular weight excluding hydrogens is 194 g/mol. The second-order valence-electron chi connectivity index (χ2n) is 3.09. The molecule has 0 bridgehead atoms. The maximum absolute atomic E-state index is 5.64.